The number of nitrogens with one attached hydrogen (secondary N) is 1. The van der Waals surface area contributed by atoms with Crippen LogP contribution in [0.1, 0.15) is 5.56 Å². The van der Waals surface area contributed by atoms with E-state index in [1.165, 1.54) is 0 Å². The molecule has 1 rings (SSSR count). The molecule has 15 heavy (non-hydrogen) atoms. The number of hydrogen-bond acceptors (Lipinski definition) is 2. The molecular formula is C10H12Cl2N2O. The van der Waals surface area contributed by atoms with Crippen LogP contribution in [-0.4, -0.2) is 19.0 Å². The number of carbonyl (C=O) groups excluding carboxylic acids is 1. The third kappa shape index (κ3) is 3.70. The summed E-state index contributed by atoms with van der Waals surface area (Å²) in [6.45, 7) is 0. The van der Waals surface area contributed by atoms with Gasteiger partial charge in [-0.2, -0.15) is 0 Å². The van der Waals surface area contributed by atoms with Crippen molar-refractivity contribution in [1.82, 2.24) is 5.32 Å². The van der Waals surface area contributed by atoms with E-state index in [1.807, 2.05) is 0 Å². The molecular weight excluding hydrogens is 235 g/mol. The molecule has 0 saturated carbocycles. The van der Waals surface area contributed by atoms with Crippen LogP contribution >= 0.6 is 23.2 Å². The van der Waals surface area contributed by atoms with Crippen LogP contribution in [0.25, 0.3) is 0 Å². The van der Waals surface area contributed by atoms with Crippen molar-refractivity contribution in [1.29, 1.82) is 0 Å². The zero-order valence-corrected chi connectivity index (χ0v) is 9.77. The van der Waals surface area contributed by atoms with Crippen molar-refractivity contribution < 1.29 is 4.79 Å². The summed E-state index contributed by atoms with van der Waals surface area (Å²) in [6.07, 6.45) is 0.417. The van der Waals surface area contributed by atoms with Crippen LogP contribution in [0.15, 0.2) is 18.2 Å². The average Bonchev–Trinajstić information content (AvgIpc) is 2.14. The lowest BCUT2D eigenvalue weighted by Gasteiger charge is -2.10. The van der Waals surface area contributed by atoms with Gasteiger partial charge in [-0.3, -0.25) is 4.79 Å². The highest BCUT2D eigenvalue weighted by atomic mass is 35.5. The summed E-state index contributed by atoms with van der Waals surface area (Å²) in [5.41, 5.74) is 6.51. The molecule has 0 aliphatic rings. The van der Waals surface area contributed by atoms with Gasteiger partial charge in [-0.25, -0.2) is 0 Å². The quantitative estimate of drug-likeness (QED) is 0.852. The fourth-order valence-corrected chi connectivity index (χ4v) is 1.83. The van der Waals surface area contributed by atoms with E-state index in [0.717, 1.165) is 5.56 Å². The maximum absolute atomic E-state index is 11.2. The van der Waals surface area contributed by atoms with E-state index in [4.69, 9.17) is 28.9 Å². The second-order valence-corrected chi connectivity index (χ2v) is 4.08. The van der Waals surface area contributed by atoms with E-state index in [9.17, 15) is 4.79 Å². The van der Waals surface area contributed by atoms with Crippen molar-refractivity contribution in [2.75, 3.05) is 7.05 Å². The number of rotatable bonds is 3. The van der Waals surface area contributed by atoms with E-state index in [0.29, 0.717) is 16.5 Å². The van der Waals surface area contributed by atoms with Crippen LogP contribution in [0.5, 0.6) is 0 Å². The monoisotopic (exact) mass is 246 g/mol. The largest absolute Gasteiger partial charge is 0.358 e. The van der Waals surface area contributed by atoms with Gasteiger partial charge in [0.1, 0.15) is 0 Å². The first-order chi connectivity index (χ1) is 7.02. The van der Waals surface area contributed by atoms with Gasteiger partial charge in [0.15, 0.2) is 0 Å². The minimum Gasteiger partial charge on any atom is -0.358 e. The van der Waals surface area contributed by atoms with E-state index in [1.54, 1.807) is 25.2 Å². The lowest BCUT2D eigenvalue weighted by atomic mass is 10.1. The van der Waals surface area contributed by atoms with E-state index < -0.39 is 6.04 Å². The molecule has 1 aromatic rings. The second kappa shape index (κ2) is 5.35. The molecule has 5 heteroatoms. The Morgan fingerprint density at radius 2 is 1.93 bits per heavy atom. The fourth-order valence-electron chi connectivity index (χ4n) is 1.26. The normalized spacial score (nSPS) is 12.3. The maximum atomic E-state index is 11.2. The van der Waals surface area contributed by atoms with Gasteiger partial charge in [0.2, 0.25) is 5.91 Å². The SMILES string of the molecule is CNC(=O)C(N)Cc1cc(Cl)cc(Cl)c1. The molecule has 0 aliphatic heterocycles. The van der Waals surface area contributed by atoms with Gasteiger partial charge in [0.05, 0.1) is 6.04 Å². The zero-order valence-electron chi connectivity index (χ0n) is 8.26. The van der Waals surface area contributed by atoms with Crippen LogP contribution in [-0.2, 0) is 11.2 Å². The van der Waals surface area contributed by atoms with Crippen LogP contribution in [0.2, 0.25) is 10.0 Å². The number of carbonyl (C=O) groups is 1. The van der Waals surface area contributed by atoms with Crippen molar-refractivity contribution in [3.63, 3.8) is 0 Å². The standard InChI is InChI=1S/C10H12Cl2N2O/c1-14-10(15)9(13)4-6-2-7(11)5-8(12)3-6/h2-3,5,9H,4,13H2,1H3,(H,14,15). The first-order valence-electron chi connectivity index (χ1n) is 4.45. The topological polar surface area (TPSA) is 55.1 Å². The minimum atomic E-state index is -0.579. The second-order valence-electron chi connectivity index (χ2n) is 3.20. The minimum absolute atomic E-state index is 0.203. The molecule has 0 radical (unpaired) electrons. The first-order valence-corrected chi connectivity index (χ1v) is 5.20. The Morgan fingerprint density at radius 1 is 1.40 bits per heavy atom. The molecule has 3 N–H and O–H groups in total. The molecule has 1 amide bonds. The highest BCUT2D eigenvalue weighted by molar-refractivity contribution is 6.34. The van der Waals surface area contributed by atoms with E-state index in [2.05, 4.69) is 5.32 Å². The van der Waals surface area contributed by atoms with Crippen molar-refractivity contribution in [2.45, 2.75) is 12.5 Å². The van der Waals surface area contributed by atoms with Crippen LogP contribution in [0.3, 0.4) is 0 Å². The van der Waals surface area contributed by atoms with Crippen LogP contribution < -0.4 is 11.1 Å². The van der Waals surface area contributed by atoms with E-state index in [-0.39, 0.29) is 5.91 Å². The summed E-state index contributed by atoms with van der Waals surface area (Å²) in [6, 6.07) is 4.55. The Bertz CT molecular complexity index is 348. The molecule has 0 spiro atoms. The summed E-state index contributed by atoms with van der Waals surface area (Å²) < 4.78 is 0. The molecule has 1 atom stereocenters. The Kier molecular flexibility index (Phi) is 4.39. The van der Waals surface area contributed by atoms with Crippen molar-refractivity contribution in [2.24, 2.45) is 5.73 Å². The predicted octanol–water partition coefficient (Wildman–Crippen LogP) is 1.61. The number of amides is 1. The summed E-state index contributed by atoms with van der Waals surface area (Å²) >= 11 is 11.6. The third-order valence-corrected chi connectivity index (χ3v) is 2.40. The summed E-state index contributed by atoms with van der Waals surface area (Å²) in [7, 11) is 1.55. The Labute approximate surface area is 98.5 Å². The third-order valence-electron chi connectivity index (χ3n) is 1.96. The zero-order chi connectivity index (χ0) is 11.4. The lowest BCUT2D eigenvalue weighted by Crippen LogP contribution is -2.40. The lowest BCUT2D eigenvalue weighted by molar-refractivity contribution is -0.121. The summed E-state index contributed by atoms with van der Waals surface area (Å²) in [5.74, 6) is -0.203. The molecule has 3 nitrogen and oxygen atoms in total. The van der Waals surface area contributed by atoms with Crippen LogP contribution in [0, 0.1) is 0 Å². The maximum Gasteiger partial charge on any atom is 0.237 e. The first kappa shape index (κ1) is 12.3. The molecule has 0 bridgehead atoms. The number of likely N-dealkylation sites (N-methyl/N-ethyl adjacent to an activating group) is 1. The molecule has 0 aliphatic carbocycles. The molecule has 0 saturated heterocycles. The number of halogens is 2. The number of hydrogen-bond donors (Lipinski definition) is 2. The van der Waals surface area contributed by atoms with Crippen LogP contribution in [0.4, 0.5) is 0 Å². The molecule has 0 heterocycles. The average molecular weight is 247 g/mol. The van der Waals surface area contributed by atoms with Gasteiger partial charge < -0.3 is 11.1 Å². The highest BCUT2D eigenvalue weighted by Gasteiger charge is 2.12. The predicted molar refractivity (Wildman–Crippen MR) is 62.2 cm³/mol. The van der Waals surface area contributed by atoms with Gasteiger partial charge in [0.25, 0.3) is 0 Å². The highest BCUT2D eigenvalue weighted by Crippen LogP contribution is 2.19. The Balaban J connectivity index is 2.76. The van der Waals surface area contributed by atoms with Crippen molar-refractivity contribution in [3.05, 3.63) is 33.8 Å². The summed E-state index contributed by atoms with van der Waals surface area (Å²) in [4.78, 5) is 11.2. The number of nitrogens with two attached hydrogens (primary N) is 1. The van der Waals surface area contributed by atoms with E-state index >= 15 is 0 Å². The molecule has 0 fully saturated rings. The van der Waals surface area contributed by atoms with Gasteiger partial charge in [-0.1, -0.05) is 23.2 Å². The van der Waals surface area contributed by atoms with Gasteiger partial charge in [-0.05, 0) is 30.2 Å². The van der Waals surface area contributed by atoms with Crippen molar-refractivity contribution in [3.8, 4) is 0 Å². The van der Waals surface area contributed by atoms with Gasteiger partial charge in [-0.15, -0.1) is 0 Å². The number of benzene rings is 1. The fraction of sp³-hybridized carbons (Fsp3) is 0.300. The van der Waals surface area contributed by atoms with Gasteiger partial charge in [0, 0.05) is 17.1 Å². The van der Waals surface area contributed by atoms with Crippen molar-refractivity contribution >= 4 is 29.1 Å². The molecule has 82 valence electrons. The Morgan fingerprint density at radius 3 is 2.40 bits per heavy atom. The molecule has 1 aromatic carbocycles. The Hall–Kier alpha value is -0.770. The summed E-state index contributed by atoms with van der Waals surface area (Å²) in [5, 5.41) is 3.57. The molecule has 0 aromatic heterocycles. The van der Waals surface area contributed by atoms with Gasteiger partial charge >= 0.3 is 0 Å². The molecule has 1 unspecified atom stereocenters. The smallest absolute Gasteiger partial charge is 0.237 e.